The molecule has 0 fully saturated rings. The van der Waals surface area contributed by atoms with Gasteiger partial charge in [-0.3, -0.25) is 4.79 Å². The zero-order valence-corrected chi connectivity index (χ0v) is 9.02. The maximum Gasteiger partial charge on any atom is 0.306 e. The van der Waals surface area contributed by atoms with E-state index >= 15 is 0 Å². The first-order valence-electron chi connectivity index (χ1n) is 5.01. The molecule has 0 aromatic rings. The summed E-state index contributed by atoms with van der Waals surface area (Å²) in [6.07, 6.45) is 5.93. The molecule has 0 aromatic carbocycles. The lowest BCUT2D eigenvalue weighted by Crippen LogP contribution is -2.14. The van der Waals surface area contributed by atoms with Crippen molar-refractivity contribution in [2.24, 2.45) is 5.92 Å². The van der Waals surface area contributed by atoms with Crippen LogP contribution in [0.4, 0.5) is 0 Å². The van der Waals surface area contributed by atoms with Crippen LogP contribution in [-0.4, -0.2) is 17.0 Å². The quantitative estimate of drug-likeness (QED) is 0.489. The van der Waals surface area contributed by atoms with Gasteiger partial charge in [-0.05, 0) is 12.8 Å². The Labute approximate surface area is 85.3 Å². The summed E-state index contributed by atoms with van der Waals surface area (Å²) in [6, 6.07) is 0. The van der Waals surface area contributed by atoms with Crippen LogP contribution < -0.4 is 0 Å². The van der Waals surface area contributed by atoms with Gasteiger partial charge in [0.1, 0.15) is 0 Å². The molecule has 0 bridgehead atoms. The minimum Gasteiger partial charge on any atom is -0.481 e. The van der Waals surface area contributed by atoms with E-state index in [0.29, 0.717) is 12.3 Å². The van der Waals surface area contributed by atoms with E-state index in [2.05, 4.69) is 6.92 Å². The van der Waals surface area contributed by atoms with Crippen LogP contribution in [0.5, 0.6) is 0 Å². The summed E-state index contributed by atoms with van der Waals surface area (Å²) in [5.41, 5.74) is 0. The number of alkyl halides is 1. The second-order valence-electron chi connectivity index (χ2n) is 3.36. The van der Waals surface area contributed by atoms with E-state index in [4.69, 9.17) is 16.7 Å². The van der Waals surface area contributed by atoms with Gasteiger partial charge in [-0.2, -0.15) is 0 Å². The molecule has 0 heterocycles. The van der Waals surface area contributed by atoms with Gasteiger partial charge in [0.05, 0.1) is 5.92 Å². The fourth-order valence-electron chi connectivity index (χ4n) is 1.34. The number of hydrogen-bond acceptors (Lipinski definition) is 1. The summed E-state index contributed by atoms with van der Waals surface area (Å²) >= 11 is 5.52. The second-order valence-corrected chi connectivity index (χ2v) is 3.74. The van der Waals surface area contributed by atoms with Gasteiger partial charge < -0.3 is 5.11 Å². The monoisotopic (exact) mass is 206 g/mol. The molecule has 1 N–H and O–H groups in total. The summed E-state index contributed by atoms with van der Waals surface area (Å²) in [6.45, 7) is 2.15. The number of aliphatic carboxylic acids is 1. The SMILES string of the molecule is CCCCCCC(CCCl)C(=O)O. The van der Waals surface area contributed by atoms with Crippen LogP contribution in [0.15, 0.2) is 0 Å². The van der Waals surface area contributed by atoms with Gasteiger partial charge in [0.2, 0.25) is 0 Å². The Morgan fingerprint density at radius 3 is 2.46 bits per heavy atom. The fraction of sp³-hybridized carbons (Fsp3) is 0.900. The summed E-state index contributed by atoms with van der Waals surface area (Å²) in [7, 11) is 0. The zero-order valence-electron chi connectivity index (χ0n) is 8.26. The number of carboxylic acids is 1. The van der Waals surface area contributed by atoms with Crippen molar-refractivity contribution in [1.82, 2.24) is 0 Å². The van der Waals surface area contributed by atoms with Crippen LogP contribution >= 0.6 is 11.6 Å². The van der Waals surface area contributed by atoms with E-state index in [9.17, 15) is 4.79 Å². The van der Waals surface area contributed by atoms with E-state index in [0.717, 1.165) is 19.3 Å². The molecule has 0 aliphatic heterocycles. The third kappa shape index (κ3) is 6.88. The number of unbranched alkanes of at least 4 members (excludes halogenated alkanes) is 3. The van der Waals surface area contributed by atoms with Crippen molar-refractivity contribution in [2.75, 3.05) is 5.88 Å². The highest BCUT2D eigenvalue weighted by atomic mass is 35.5. The molecule has 1 atom stereocenters. The standard InChI is InChI=1S/C10H19ClO2/c1-2-3-4-5-6-9(7-8-11)10(12)13/h9H,2-8H2,1H3,(H,12,13). The highest BCUT2D eigenvalue weighted by Crippen LogP contribution is 2.15. The largest absolute Gasteiger partial charge is 0.481 e. The number of carboxylic acid groups (broad SMARTS) is 1. The first-order chi connectivity index (χ1) is 6.22. The molecule has 0 aliphatic rings. The van der Waals surface area contributed by atoms with E-state index in [-0.39, 0.29) is 5.92 Å². The van der Waals surface area contributed by atoms with Crippen LogP contribution in [-0.2, 0) is 4.79 Å². The lowest BCUT2D eigenvalue weighted by atomic mass is 9.98. The van der Waals surface area contributed by atoms with Crippen LogP contribution in [0.2, 0.25) is 0 Å². The molecule has 13 heavy (non-hydrogen) atoms. The Balaban J connectivity index is 3.51. The Morgan fingerprint density at radius 1 is 1.31 bits per heavy atom. The zero-order chi connectivity index (χ0) is 10.1. The predicted octanol–water partition coefficient (Wildman–Crippen LogP) is 3.29. The molecular weight excluding hydrogens is 188 g/mol. The van der Waals surface area contributed by atoms with E-state index in [1.165, 1.54) is 12.8 Å². The molecular formula is C10H19ClO2. The van der Waals surface area contributed by atoms with Crippen molar-refractivity contribution in [2.45, 2.75) is 45.4 Å². The maximum atomic E-state index is 10.7. The highest BCUT2D eigenvalue weighted by molar-refractivity contribution is 6.17. The van der Waals surface area contributed by atoms with Gasteiger partial charge in [0.15, 0.2) is 0 Å². The van der Waals surface area contributed by atoms with Crippen molar-refractivity contribution >= 4 is 17.6 Å². The third-order valence-electron chi connectivity index (χ3n) is 2.21. The summed E-state index contributed by atoms with van der Waals surface area (Å²) < 4.78 is 0. The molecule has 1 unspecified atom stereocenters. The second kappa shape index (κ2) is 8.36. The summed E-state index contributed by atoms with van der Waals surface area (Å²) in [5.74, 6) is -0.475. The molecule has 0 aromatic heterocycles. The molecule has 0 rings (SSSR count). The van der Waals surface area contributed by atoms with Gasteiger partial charge in [0, 0.05) is 5.88 Å². The summed E-state index contributed by atoms with van der Waals surface area (Å²) in [4.78, 5) is 10.7. The lowest BCUT2D eigenvalue weighted by molar-refractivity contribution is -0.142. The third-order valence-corrected chi connectivity index (χ3v) is 2.43. The van der Waals surface area contributed by atoms with Gasteiger partial charge in [-0.1, -0.05) is 32.6 Å². The molecule has 0 radical (unpaired) electrons. The van der Waals surface area contributed by atoms with Crippen molar-refractivity contribution in [3.63, 3.8) is 0 Å². The first kappa shape index (κ1) is 12.8. The normalized spacial score (nSPS) is 12.8. The average Bonchev–Trinajstić information content (AvgIpc) is 2.10. The van der Waals surface area contributed by atoms with Crippen LogP contribution in [0.25, 0.3) is 0 Å². The molecule has 3 heteroatoms. The van der Waals surface area contributed by atoms with Gasteiger partial charge in [-0.25, -0.2) is 0 Å². The smallest absolute Gasteiger partial charge is 0.306 e. The molecule has 0 aliphatic carbocycles. The lowest BCUT2D eigenvalue weighted by Gasteiger charge is -2.09. The Hall–Kier alpha value is -0.240. The van der Waals surface area contributed by atoms with Gasteiger partial charge in [0.25, 0.3) is 0 Å². The van der Waals surface area contributed by atoms with Crippen molar-refractivity contribution in [3.8, 4) is 0 Å². The molecule has 78 valence electrons. The average molecular weight is 207 g/mol. The molecule has 0 saturated heterocycles. The van der Waals surface area contributed by atoms with E-state index < -0.39 is 5.97 Å². The Kier molecular flexibility index (Phi) is 8.21. The topological polar surface area (TPSA) is 37.3 Å². The van der Waals surface area contributed by atoms with E-state index in [1.54, 1.807) is 0 Å². The molecule has 0 spiro atoms. The first-order valence-corrected chi connectivity index (χ1v) is 5.54. The number of hydrogen-bond donors (Lipinski definition) is 1. The number of carbonyl (C=O) groups is 1. The van der Waals surface area contributed by atoms with Gasteiger partial charge in [-0.15, -0.1) is 11.6 Å². The van der Waals surface area contributed by atoms with Crippen LogP contribution in [0, 0.1) is 5.92 Å². The predicted molar refractivity (Wildman–Crippen MR) is 55.2 cm³/mol. The Bertz CT molecular complexity index is 137. The van der Waals surface area contributed by atoms with Crippen molar-refractivity contribution in [3.05, 3.63) is 0 Å². The number of rotatable bonds is 8. The van der Waals surface area contributed by atoms with E-state index in [1.807, 2.05) is 0 Å². The van der Waals surface area contributed by atoms with Gasteiger partial charge >= 0.3 is 5.97 Å². The minimum absolute atomic E-state index is 0.227. The number of halogens is 1. The molecule has 0 saturated carbocycles. The molecule has 0 amide bonds. The fourth-order valence-corrected chi connectivity index (χ4v) is 1.60. The molecule has 2 nitrogen and oxygen atoms in total. The van der Waals surface area contributed by atoms with Crippen LogP contribution in [0.3, 0.4) is 0 Å². The highest BCUT2D eigenvalue weighted by Gasteiger charge is 2.15. The maximum absolute atomic E-state index is 10.7. The summed E-state index contributed by atoms with van der Waals surface area (Å²) in [5, 5.41) is 8.80. The Morgan fingerprint density at radius 2 is 2.00 bits per heavy atom. The van der Waals surface area contributed by atoms with Crippen LogP contribution in [0.1, 0.15) is 45.4 Å². The van der Waals surface area contributed by atoms with Crippen molar-refractivity contribution in [1.29, 1.82) is 0 Å². The van der Waals surface area contributed by atoms with Crippen molar-refractivity contribution < 1.29 is 9.90 Å². The minimum atomic E-state index is -0.697.